The van der Waals surface area contributed by atoms with Crippen LogP contribution in [0.2, 0.25) is 0 Å². The van der Waals surface area contributed by atoms with Crippen molar-refractivity contribution in [2.75, 3.05) is 12.3 Å². The fourth-order valence-electron chi connectivity index (χ4n) is 2.67. The van der Waals surface area contributed by atoms with Crippen molar-refractivity contribution in [3.63, 3.8) is 0 Å². The number of anilines is 1. The number of nitrogens with zero attached hydrogens (tertiary/aromatic N) is 3. The highest BCUT2D eigenvalue weighted by molar-refractivity contribution is 5.70. The van der Waals surface area contributed by atoms with E-state index in [9.17, 15) is 18.7 Å². The fourth-order valence-corrected chi connectivity index (χ4v) is 2.67. The van der Waals surface area contributed by atoms with E-state index in [4.69, 9.17) is 10.8 Å². The van der Waals surface area contributed by atoms with E-state index in [0.29, 0.717) is 0 Å². The summed E-state index contributed by atoms with van der Waals surface area (Å²) in [5, 5.41) is 18.6. The number of aromatic nitrogens is 4. The van der Waals surface area contributed by atoms with E-state index in [-0.39, 0.29) is 17.1 Å². The number of imidazole rings is 1. The lowest BCUT2D eigenvalue weighted by Crippen LogP contribution is -2.40. The van der Waals surface area contributed by atoms with Gasteiger partial charge in [-0.3, -0.25) is 9.78 Å². The number of alkyl halides is 2. The number of aliphatic hydroxyl groups is 2. The number of hydrogen-bond acceptors (Lipinski definition) is 6. The molecule has 3 rings (SSSR count). The first-order valence-corrected chi connectivity index (χ1v) is 6.21. The van der Waals surface area contributed by atoms with Crippen LogP contribution < -0.4 is 11.3 Å². The van der Waals surface area contributed by atoms with Crippen molar-refractivity contribution < 1.29 is 19.0 Å². The highest BCUT2D eigenvalue weighted by atomic mass is 19.2. The van der Waals surface area contributed by atoms with Crippen molar-refractivity contribution in [3.8, 4) is 0 Å². The second kappa shape index (κ2) is 4.46. The monoisotopic (exact) mass is 301 g/mol. The van der Waals surface area contributed by atoms with Crippen LogP contribution in [0.4, 0.5) is 14.7 Å². The predicted octanol–water partition coefficient (Wildman–Crippen LogP) is -0.954. The van der Waals surface area contributed by atoms with Gasteiger partial charge in [-0.15, -0.1) is 0 Å². The second-order valence-corrected chi connectivity index (χ2v) is 5.13. The molecule has 4 unspecified atom stereocenters. The molecule has 0 saturated heterocycles. The number of nitrogens with one attached hydrogen (secondary N) is 1. The molecule has 4 atom stereocenters. The molecule has 2 aromatic heterocycles. The molecule has 0 radical (unpaired) electrons. The molecule has 2 heterocycles. The van der Waals surface area contributed by atoms with Crippen molar-refractivity contribution >= 4 is 17.1 Å². The number of rotatable bonds is 2. The summed E-state index contributed by atoms with van der Waals surface area (Å²) in [6.45, 7) is -1.01. The SMILES string of the molecule is Nc1nc2c(ncn2C2CC(F)(CO)C(O)C2F)c(=O)[nH]1. The second-order valence-electron chi connectivity index (χ2n) is 5.13. The highest BCUT2D eigenvalue weighted by Crippen LogP contribution is 2.43. The van der Waals surface area contributed by atoms with Crippen molar-refractivity contribution in [3.05, 3.63) is 16.7 Å². The molecule has 21 heavy (non-hydrogen) atoms. The number of nitrogen functional groups attached to an aromatic ring is 1. The maximum atomic E-state index is 14.2. The zero-order chi connectivity index (χ0) is 15.4. The molecular formula is C11H13F2N5O3. The van der Waals surface area contributed by atoms with Crippen molar-refractivity contribution in [1.82, 2.24) is 19.5 Å². The van der Waals surface area contributed by atoms with Gasteiger partial charge in [0.1, 0.15) is 12.3 Å². The first kappa shape index (κ1) is 13.9. The summed E-state index contributed by atoms with van der Waals surface area (Å²) in [6.07, 6.45) is -3.27. The molecule has 0 bridgehead atoms. The summed E-state index contributed by atoms with van der Waals surface area (Å²) in [6, 6.07) is -1.14. The number of aliphatic hydroxyl groups excluding tert-OH is 2. The first-order chi connectivity index (χ1) is 9.87. The van der Waals surface area contributed by atoms with Crippen LogP contribution in [0.15, 0.2) is 11.1 Å². The van der Waals surface area contributed by atoms with Gasteiger partial charge >= 0.3 is 0 Å². The zero-order valence-electron chi connectivity index (χ0n) is 10.7. The summed E-state index contributed by atoms with van der Waals surface area (Å²) >= 11 is 0. The van der Waals surface area contributed by atoms with Crippen LogP contribution in [0.1, 0.15) is 12.5 Å². The van der Waals surface area contributed by atoms with Crippen molar-refractivity contribution in [2.45, 2.75) is 30.4 Å². The molecule has 5 N–H and O–H groups in total. The minimum atomic E-state index is -2.45. The molecule has 114 valence electrons. The third kappa shape index (κ3) is 1.90. The van der Waals surface area contributed by atoms with Crippen LogP contribution in [-0.4, -0.2) is 54.3 Å². The molecule has 1 saturated carbocycles. The van der Waals surface area contributed by atoms with Gasteiger partial charge in [-0.2, -0.15) is 4.98 Å². The molecule has 1 aliphatic rings. The standard InChI is InChI=1S/C11H13F2N5O3/c12-5-4(1-11(13,2-19)7(5)20)18-3-15-6-8(18)16-10(14)17-9(6)21/h3-5,7,19-20H,1-2H2,(H3,14,16,17,21). The smallest absolute Gasteiger partial charge is 0.280 e. The van der Waals surface area contributed by atoms with E-state index in [1.807, 2.05) is 0 Å². The molecule has 1 fully saturated rings. The van der Waals surface area contributed by atoms with Crippen molar-refractivity contribution in [2.24, 2.45) is 0 Å². The Kier molecular flexibility index (Phi) is 2.95. The molecule has 10 heteroatoms. The van der Waals surface area contributed by atoms with Gasteiger partial charge in [0, 0.05) is 6.42 Å². The van der Waals surface area contributed by atoms with E-state index >= 15 is 0 Å². The van der Waals surface area contributed by atoms with E-state index < -0.39 is 42.6 Å². The minimum Gasteiger partial charge on any atom is -0.393 e. The lowest BCUT2D eigenvalue weighted by Gasteiger charge is -2.20. The van der Waals surface area contributed by atoms with E-state index in [1.165, 1.54) is 0 Å². The van der Waals surface area contributed by atoms with Crippen LogP contribution in [0.3, 0.4) is 0 Å². The van der Waals surface area contributed by atoms with E-state index in [1.54, 1.807) is 0 Å². The molecule has 1 aliphatic carbocycles. The molecule has 0 aliphatic heterocycles. The number of halogens is 2. The first-order valence-electron chi connectivity index (χ1n) is 6.21. The Balaban J connectivity index is 2.12. The summed E-state index contributed by atoms with van der Waals surface area (Å²) in [4.78, 5) is 21.6. The Morgan fingerprint density at radius 2 is 2.33 bits per heavy atom. The largest absolute Gasteiger partial charge is 0.393 e. The average Bonchev–Trinajstić information content (AvgIpc) is 2.95. The summed E-state index contributed by atoms with van der Waals surface area (Å²) in [5.41, 5.74) is 2.31. The van der Waals surface area contributed by atoms with Crippen LogP contribution >= 0.6 is 0 Å². The Hall–Kier alpha value is -2.07. The zero-order valence-corrected chi connectivity index (χ0v) is 10.7. The summed E-state index contributed by atoms with van der Waals surface area (Å²) in [5.74, 6) is -0.183. The van der Waals surface area contributed by atoms with E-state index in [0.717, 1.165) is 10.9 Å². The van der Waals surface area contributed by atoms with Gasteiger partial charge in [0.2, 0.25) is 5.95 Å². The predicted molar refractivity (Wildman–Crippen MR) is 68.0 cm³/mol. The van der Waals surface area contributed by atoms with Gasteiger partial charge in [-0.1, -0.05) is 0 Å². The summed E-state index contributed by atoms with van der Waals surface area (Å²) < 4.78 is 29.5. The number of hydrogen-bond donors (Lipinski definition) is 4. The average molecular weight is 301 g/mol. The minimum absolute atomic E-state index is 0.00158. The molecular weight excluding hydrogens is 288 g/mol. The molecule has 0 aromatic carbocycles. The Bertz CT molecular complexity index is 747. The van der Waals surface area contributed by atoms with Crippen LogP contribution in [-0.2, 0) is 0 Å². The Morgan fingerprint density at radius 3 is 2.95 bits per heavy atom. The molecule has 2 aromatic rings. The number of nitrogens with two attached hydrogens (primary N) is 1. The highest BCUT2D eigenvalue weighted by Gasteiger charge is 2.55. The number of H-pyrrole nitrogens is 1. The van der Waals surface area contributed by atoms with Gasteiger partial charge in [0.05, 0.1) is 19.0 Å². The van der Waals surface area contributed by atoms with Crippen LogP contribution in [0, 0.1) is 0 Å². The molecule has 8 nitrogen and oxygen atoms in total. The van der Waals surface area contributed by atoms with Crippen LogP contribution in [0.5, 0.6) is 0 Å². The lowest BCUT2D eigenvalue weighted by atomic mass is 10.0. The van der Waals surface area contributed by atoms with Gasteiger partial charge in [-0.05, 0) is 0 Å². The van der Waals surface area contributed by atoms with Gasteiger partial charge in [0.15, 0.2) is 16.8 Å². The number of aromatic amines is 1. The Labute approximate surface area is 116 Å². The lowest BCUT2D eigenvalue weighted by molar-refractivity contribution is -0.0454. The maximum Gasteiger partial charge on any atom is 0.280 e. The van der Waals surface area contributed by atoms with E-state index in [2.05, 4.69) is 15.0 Å². The number of fused-ring (bicyclic) bond motifs is 1. The van der Waals surface area contributed by atoms with Gasteiger partial charge in [-0.25, -0.2) is 13.8 Å². The quantitative estimate of drug-likeness (QED) is 0.565. The third-order valence-electron chi connectivity index (χ3n) is 3.82. The fraction of sp³-hybridized carbons (Fsp3) is 0.545. The third-order valence-corrected chi connectivity index (χ3v) is 3.82. The molecule has 0 amide bonds. The topological polar surface area (TPSA) is 130 Å². The normalized spacial score (nSPS) is 32.9. The van der Waals surface area contributed by atoms with Gasteiger partial charge < -0.3 is 20.5 Å². The Morgan fingerprint density at radius 1 is 1.62 bits per heavy atom. The van der Waals surface area contributed by atoms with Crippen LogP contribution in [0.25, 0.3) is 11.2 Å². The molecule has 0 spiro atoms. The van der Waals surface area contributed by atoms with Crippen molar-refractivity contribution in [1.29, 1.82) is 0 Å². The van der Waals surface area contributed by atoms with Gasteiger partial charge in [0.25, 0.3) is 5.56 Å². The summed E-state index contributed by atoms with van der Waals surface area (Å²) in [7, 11) is 0. The maximum absolute atomic E-state index is 14.2.